The van der Waals surface area contributed by atoms with Crippen molar-refractivity contribution in [2.75, 3.05) is 13.1 Å². The number of rotatable bonds is 3. The largest absolute Gasteiger partial charge is 0.346 e. The van der Waals surface area contributed by atoms with E-state index >= 15 is 0 Å². The predicted octanol–water partition coefficient (Wildman–Crippen LogP) is 2.68. The average molecular weight is 319 g/mol. The van der Waals surface area contributed by atoms with Crippen LogP contribution in [-0.4, -0.2) is 30.0 Å². The number of thiazole rings is 1. The minimum Gasteiger partial charge on any atom is -0.346 e. The second kappa shape index (κ2) is 6.54. The molecule has 3 rings (SSSR count). The van der Waals surface area contributed by atoms with Gasteiger partial charge in [0.05, 0.1) is 0 Å². The molecule has 0 saturated carbocycles. The van der Waals surface area contributed by atoms with E-state index in [9.17, 15) is 9.18 Å². The molecule has 4 nitrogen and oxygen atoms in total. The van der Waals surface area contributed by atoms with Crippen LogP contribution < -0.4 is 10.6 Å². The summed E-state index contributed by atoms with van der Waals surface area (Å²) >= 11 is 1.28. The van der Waals surface area contributed by atoms with E-state index in [1.165, 1.54) is 17.4 Å². The fourth-order valence-corrected chi connectivity index (χ4v) is 3.39. The maximum atomic E-state index is 13.8. The topological polar surface area (TPSA) is 54.0 Å². The monoisotopic (exact) mass is 319 g/mol. The zero-order chi connectivity index (χ0) is 15.5. The lowest BCUT2D eigenvalue weighted by Crippen LogP contribution is -2.50. The first-order valence-electron chi connectivity index (χ1n) is 7.37. The number of carbonyl (C=O) groups is 1. The SMILES string of the molecule is CC1CCNCC1NC(=O)c1csc(-c2ccccc2F)n1. The summed E-state index contributed by atoms with van der Waals surface area (Å²) in [6.07, 6.45) is 1.04. The number of hydrogen-bond donors (Lipinski definition) is 2. The van der Waals surface area contributed by atoms with Crippen molar-refractivity contribution in [2.45, 2.75) is 19.4 Å². The molecule has 116 valence electrons. The van der Waals surface area contributed by atoms with Crippen LogP contribution in [0.3, 0.4) is 0 Å². The molecule has 1 aliphatic rings. The molecule has 0 spiro atoms. The Morgan fingerprint density at radius 2 is 2.27 bits per heavy atom. The lowest BCUT2D eigenvalue weighted by atomic mass is 9.95. The first kappa shape index (κ1) is 15.1. The fourth-order valence-electron chi connectivity index (χ4n) is 2.56. The van der Waals surface area contributed by atoms with Crippen molar-refractivity contribution < 1.29 is 9.18 Å². The number of nitrogens with zero attached hydrogens (tertiary/aromatic N) is 1. The van der Waals surface area contributed by atoms with Crippen molar-refractivity contribution >= 4 is 17.2 Å². The molecular formula is C16H18FN3OS. The zero-order valence-corrected chi connectivity index (χ0v) is 13.1. The molecule has 1 saturated heterocycles. The van der Waals surface area contributed by atoms with Gasteiger partial charge in [-0.15, -0.1) is 11.3 Å². The molecule has 6 heteroatoms. The second-order valence-electron chi connectivity index (χ2n) is 5.57. The average Bonchev–Trinajstić information content (AvgIpc) is 3.00. The Hall–Kier alpha value is -1.79. The Labute approximate surface area is 132 Å². The van der Waals surface area contributed by atoms with Gasteiger partial charge in [0.1, 0.15) is 16.5 Å². The molecule has 22 heavy (non-hydrogen) atoms. The van der Waals surface area contributed by atoms with Crippen molar-refractivity contribution in [3.05, 3.63) is 41.2 Å². The van der Waals surface area contributed by atoms with Gasteiger partial charge >= 0.3 is 0 Å². The second-order valence-corrected chi connectivity index (χ2v) is 6.43. The van der Waals surface area contributed by atoms with Crippen molar-refractivity contribution in [1.29, 1.82) is 0 Å². The molecule has 0 bridgehead atoms. The molecule has 2 aromatic rings. The van der Waals surface area contributed by atoms with Crippen LogP contribution in [0.5, 0.6) is 0 Å². The number of nitrogens with one attached hydrogen (secondary N) is 2. The van der Waals surface area contributed by atoms with E-state index < -0.39 is 0 Å². The van der Waals surface area contributed by atoms with Gasteiger partial charge in [-0.05, 0) is 31.0 Å². The maximum absolute atomic E-state index is 13.8. The van der Waals surface area contributed by atoms with Gasteiger partial charge in [-0.1, -0.05) is 19.1 Å². The first-order valence-corrected chi connectivity index (χ1v) is 8.25. The summed E-state index contributed by atoms with van der Waals surface area (Å²) in [5.74, 6) is -0.0804. The summed E-state index contributed by atoms with van der Waals surface area (Å²) < 4.78 is 13.8. The summed E-state index contributed by atoms with van der Waals surface area (Å²) in [6.45, 7) is 3.90. The van der Waals surface area contributed by atoms with Crippen molar-refractivity contribution in [1.82, 2.24) is 15.6 Å². The number of halogens is 1. The highest BCUT2D eigenvalue weighted by Gasteiger charge is 2.24. The molecule has 2 unspecified atom stereocenters. The Morgan fingerprint density at radius 3 is 3.05 bits per heavy atom. The molecule has 0 aliphatic carbocycles. The van der Waals surface area contributed by atoms with Crippen molar-refractivity contribution in [3.8, 4) is 10.6 Å². The van der Waals surface area contributed by atoms with Gasteiger partial charge in [-0.3, -0.25) is 4.79 Å². The van der Waals surface area contributed by atoms with E-state index in [0.717, 1.165) is 19.5 Å². The highest BCUT2D eigenvalue weighted by molar-refractivity contribution is 7.13. The number of carbonyl (C=O) groups excluding carboxylic acids is 1. The van der Waals surface area contributed by atoms with E-state index in [0.29, 0.717) is 22.2 Å². The molecule has 1 aliphatic heterocycles. The van der Waals surface area contributed by atoms with Crippen molar-refractivity contribution in [3.63, 3.8) is 0 Å². The smallest absolute Gasteiger partial charge is 0.271 e. The third-order valence-corrected chi connectivity index (χ3v) is 4.86. The molecule has 1 amide bonds. The highest BCUT2D eigenvalue weighted by Crippen LogP contribution is 2.26. The highest BCUT2D eigenvalue weighted by atomic mass is 32.1. The molecule has 1 fully saturated rings. The van der Waals surface area contributed by atoms with Crippen LogP contribution in [0, 0.1) is 11.7 Å². The third kappa shape index (κ3) is 3.18. The van der Waals surface area contributed by atoms with Gasteiger partial charge in [0.25, 0.3) is 5.91 Å². The minimum absolute atomic E-state index is 0.111. The predicted molar refractivity (Wildman–Crippen MR) is 85.4 cm³/mol. The number of piperidine rings is 1. The van der Waals surface area contributed by atoms with E-state index in [1.54, 1.807) is 23.6 Å². The van der Waals surface area contributed by atoms with E-state index in [-0.39, 0.29) is 17.8 Å². The maximum Gasteiger partial charge on any atom is 0.271 e. The van der Waals surface area contributed by atoms with E-state index in [2.05, 4.69) is 22.5 Å². The molecule has 1 aromatic carbocycles. The molecule has 1 aromatic heterocycles. The van der Waals surface area contributed by atoms with Crippen molar-refractivity contribution in [2.24, 2.45) is 5.92 Å². The van der Waals surface area contributed by atoms with E-state index in [4.69, 9.17) is 0 Å². The summed E-state index contributed by atoms with van der Waals surface area (Å²) in [5, 5.41) is 8.50. The van der Waals surface area contributed by atoms with Crippen LogP contribution >= 0.6 is 11.3 Å². The summed E-state index contributed by atoms with van der Waals surface area (Å²) in [5.41, 5.74) is 0.778. The van der Waals surface area contributed by atoms with Crippen LogP contribution in [-0.2, 0) is 0 Å². The van der Waals surface area contributed by atoms with Gasteiger partial charge in [-0.2, -0.15) is 0 Å². The quantitative estimate of drug-likeness (QED) is 0.914. The van der Waals surface area contributed by atoms with Crippen LogP contribution in [0.2, 0.25) is 0 Å². The Balaban J connectivity index is 1.73. The Bertz CT molecular complexity index is 673. The molecule has 2 atom stereocenters. The molecule has 2 N–H and O–H groups in total. The standard InChI is InChI=1S/C16H18FN3OS/c1-10-6-7-18-8-13(10)19-15(21)14-9-22-16(20-14)11-4-2-3-5-12(11)17/h2-5,9-10,13,18H,6-8H2,1H3,(H,19,21). The third-order valence-electron chi connectivity index (χ3n) is 3.99. The lowest BCUT2D eigenvalue weighted by Gasteiger charge is -2.29. The summed E-state index contributed by atoms with van der Waals surface area (Å²) in [7, 11) is 0. The van der Waals surface area contributed by atoms with Crippen LogP contribution in [0.15, 0.2) is 29.6 Å². The minimum atomic E-state index is -0.325. The van der Waals surface area contributed by atoms with Gasteiger partial charge in [0, 0.05) is 23.5 Å². The Morgan fingerprint density at radius 1 is 1.45 bits per heavy atom. The van der Waals surface area contributed by atoms with E-state index in [1.807, 2.05) is 0 Å². The lowest BCUT2D eigenvalue weighted by molar-refractivity contribution is 0.0911. The molecular weight excluding hydrogens is 301 g/mol. The Kier molecular flexibility index (Phi) is 4.49. The van der Waals surface area contributed by atoms with Crippen LogP contribution in [0.25, 0.3) is 10.6 Å². The fraction of sp³-hybridized carbons (Fsp3) is 0.375. The summed E-state index contributed by atoms with van der Waals surface area (Å²) in [4.78, 5) is 16.6. The van der Waals surface area contributed by atoms with Crippen LogP contribution in [0.1, 0.15) is 23.8 Å². The number of aromatic nitrogens is 1. The molecule has 2 heterocycles. The zero-order valence-electron chi connectivity index (χ0n) is 12.3. The number of benzene rings is 1. The normalized spacial score (nSPS) is 21.5. The van der Waals surface area contributed by atoms with Crippen LogP contribution in [0.4, 0.5) is 4.39 Å². The first-order chi connectivity index (χ1) is 10.6. The number of amides is 1. The van der Waals surface area contributed by atoms with Gasteiger partial charge < -0.3 is 10.6 Å². The van der Waals surface area contributed by atoms with Gasteiger partial charge in [0.15, 0.2) is 0 Å². The summed E-state index contributed by atoms with van der Waals surface area (Å²) in [6, 6.07) is 6.57. The van der Waals surface area contributed by atoms with Gasteiger partial charge in [0.2, 0.25) is 0 Å². The number of hydrogen-bond acceptors (Lipinski definition) is 4. The molecule has 0 radical (unpaired) electrons. The van der Waals surface area contributed by atoms with Gasteiger partial charge in [-0.25, -0.2) is 9.37 Å².